The van der Waals surface area contributed by atoms with Crippen molar-refractivity contribution in [2.24, 2.45) is 0 Å². The highest BCUT2D eigenvalue weighted by Gasteiger charge is 2.44. The first-order valence-corrected chi connectivity index (χ1v) is 12.6. The topological polar surface area (TPSA) is 81.9 Å². The Hall–Kier alpha value is -3.65. The number of rotatable bonds is 7. The second kappa shape index (κ2) is 9.78. The summed E-state index contributed by atoms with van der Waals surface area (Å²) in [6.45, 7) is 6.84. The molecule has 2 aromatic heterocycles. The van der Waals surface area contributed by atoms with Crippen LogP contribution < -0.4 is 19.8 Å². The molecular formula is C28H25BrN2O5. The summed E-state index contributed by atoms with van der Waals surface area (Å²) >= 11 is 3.43. The summed E-state index contributed by atoms with van der Waals surface area (Å²) in [5, 5.41) is 0.396. The van der Waals surface area contributed by atoms with Crippen LogP contribution in [0.4, 0.5) is 5.82 Å². The van der Waals surface area contributed by atoms with Crippen LogP contribution in [0.1, 0.15) is 53.6 Å². The zero-order chi connectivity index (χ0) is 25.4. The van der Waals surface area contributed by atoms with Crippen LogP contribution in [0.25, 0.3) is 11.0 Å². The van der Waals surface area contributed by atoms with Gasteiger partial charge in [-0.05, 0) is 67.8 Å². The van der Waals surface area contributed by atoms with Crippen LogP contribution in [0.5, 0.6) is 11.5 Å². The quantitative estimate of drug-likeness (QED) is 0.273. The van der Waals surface area contributed by atoms with E-state index in [1.807, 2.05) is 45.0 Å². The van der Waals surface area contributed by atoms with E-state index in [0.717, 1.165) is 16.5 Å². The minimum Gasteiger partial charge on any atom is -0.490 e. The summed E-state index contributed by atoms with van der Waals surface area (Å²) in [6, 6.07) is 13.6. The Morgan fingerprint density at radius 1 is 1.03 bits per heavy atom. The van der Waals surface area contributed by atoms with Gasteiger partial charge < -0.3 is 13.9 Å². The standard InChI is InChI=1S/C28H25BrN2O5/c1-4-12-35-21-9-7-17(13-22(21)34-5-2)25-24-26(32)19-14-18(29)8-10-20(19)36-27(24)28(33)31(25)23-11-6-16(3)15-30-23/h6-11,13-15,25H,4-5,12H2,1-3H3. The molecule has 8 heteroatoms. The molecule has 184 valence electrons. The Balaban J connectivity index is 1.75. The number of amides is 1. The molecule has 0 spiro atoms. The van der Waals surface area contributed by atoms with Crippen LogP contribution in [0.15, 0.2) is 68.4 Å². The summed E-state index contributed by atoms with van der Waals surface area (Å²) in [5.41, 5.74) is 2.02. The van der Waals surface area contributed by atoms with Crippen molar-refractivity contribution in [2.75, 3.05) is 18.1 Å². The molecule has 0 saturated heterocycles. The zero-order valence-electron chi connectivity index (χ0n) is 20.2. The fourth-order valence-electron chi connectivity index (χ4n) is 4.39. The van der Waals surface area contributed by atoms with Gasteiger partial charge in [-0.3, -0.25) is 14.5 Å². The molecule has 1 aliphatic heterocycles. The molecular weight excluding hydrogens is 524 g/mol. The van der Waals surface area contributed by atoms with Gasteiger partial charge in [0.05, 0.1) is 30.2 Å². The maximum Gasteiger partial charge on any atom is 0.296 e. The van der Waals surface area contributed by atoms with Crippen molar-refractivity contribution < 1.29 is 18.7 Å². The second-order valence-corrected chi connectivity index (χ2v) is 9.49. The molecule has 0 bridgehead atoms. The SMILES string of the molecule is CCCOc1ccc(C2c3c(oc4ccc(Br)cc4c3=O)C(=O)N2c2ccc(C)cn2)cc1OCC. The highest BCUT2D eigenvalue weighted by Crippen LogP contribution is 2.43. The number of anilines is 1. The first kappa shape index (κ1) is 24.1. The van der Waals surface area contributed by atoms with Gasteiger partial charge in [-0.15, -0.1) is 0 Å². The van der Waals surface area contributed by atoms with Crippen molar-refractivity contribution in [3.05, 3.63) is 91.9 Å². The highest BCUT2D eigenvalue weighted by atomic mass is 79.9. The van der Waals surface area contributed by atoms with Gasteiger partial charge in [-0.1, -0.05) is 35.0 Å². The van der Waals surface area contributed by atoms with Crippen molar-refractivity contribution in [3.63, 3.8) is 0 Å². The molecule has 36 heavy (non-hydrogen) atoms. The van der Waals surface area contributed by atoms with E-state index in [-0.39, 0.29) is 16.8 Å². The monoisotopic (exact) mass is 548 g/mol. The van der Waals surface area contributed by atoms with Crippen molar-refractivity contribution in [2.45, 2.75) is 33.2 Å². The van der Waals surface area contributed by atoms with Crippen molar-refractivity contribution in [1.82, 2.24) is 4.98 Å². The van der Waals surface area contributed by atoms with Crippen LogP contribution in [-0.2, 0) is 0 Å². The van der Waals surface area contributed by atoms with E-state index < -0.39 is 11.9 Å². The lowest BCUT2D eigenvalue weighted by molar-refractivity contribution is 0.0970. The predicted molar refractivity (Wildman–Crippen MR) is 141 cm³/mol. The number of carbonyl (C=O) groups is 1. The Labute approximate surface area is 216 Å². The minimum atomic E-state index is -0.748. The van der Waals surface area contributed by atoms with Crippen molar-refractivity contribution in [1.29, 1.82) is 0 Å². The molecule has 4 aromatic rings. The van der Waals surface area contributed by atoms with Crippen LogP contribution in [-0.4, -0.2) is 24.1 Å². The molecule has 0 fully saturated rings. The third kappa shape index (κ3) is 4.15. The average Bonchev–Trinajstić information content (AvgIpc) is 3.17. The van der Waals surface area contributed by atoms with Crippen LogP contribution >= 0.6 is 15.9 Å². The van der Waals surface area contributed by atoms with Crippen LogP contribution in [0.3, 0.4) is 0 Å². The van der Waals surface area contributed by atoms with E-state index in [9.17, 15) is 9.59 Å². The van der Waals surface area contributed by atoms with E-state index >= 15 is 0 Å². The number of hydrogen-bond donors (Lipinski definition) is 0. The number of aromatic nitrogens is 1. The number of ether oxygens (including phenoxy) is 2. The number of halogens is 1. The van der Waals surface area contributed by atoms with Crippen LogP contribution in [0.2, 0.25) is 0 Å². The number of nitrogens with zero attached hydrogens (tertiary/aromatic N) is 2. The number of pyridine rings is 1. The molecule has 1 aliphatic rings. The third-order valence-electron chi connectivity index (χ3n) is 6.02. The van der Waals surface area contributed by atoms with E-state index in [1.165, 1.54) is 4.90 Å². The second-order valence-electron chi connectivity index (χ2n) is 8.57. The smallest absolute Gasteiger partial charge is 0.296 e. The molecule has 5 rings (SSSR count). The Morgan fingerprint density at radius 2 is 1.86 bits per heavy atom. The normalized spacial score (nSPS) is 14.8. The first-order chi connectivity index (χ1) is 17.4. The van der Waals surface area contributed by atoms with Gasteiger partial charge in [-0.2, -0.15) is 0 Å². The Bertz CT molecular complexity index is 1510. The molecule has 7 nitrogen and oxygen atoms in total. The third-order valence-corrected chi connectivity index (χ3v) is 6.51. The maximum absolute atomic E-state index is 13.8. The number of hydrogen-bond acceptors (Lipinski definition) is 6. The lowest BCUT2D eigenvalue weighted by Gasteiger charge is -2.25. The van der Waals surface area contributed by atoms with Crippen molar-refractivity contribution in [3.8, 4) is 11.5 Å². The molecule has 3 heterocycles. The largest absolute Gasteiger partial charge is 0.490 e. The van der Waals surface area contributed by atoms with Gasteiger partial charge in [0.15, 0.2) is 16.9 Å². The lowest BCUT2D eigenvalue weighted by atomic mass is 9.98. The molecule has 2 aromatic carbocycles. The predicted octanol–water partition coefficient (Wildman–Crippen LogP) is 6.20. The van der Waals surface area contributed by atoms with E-state index in [1.54, 1.807) is 30.5 Å². The minimum absolute atomic E-state index is 0.0199. The fraction of sp³-hybridized carbons (Fsp3) is 0.250. The molecule has 1 amide bonds. The summed E-state index contributed by atoms with van der Waals surface area (Å²) in [7, 11) is 0. The summed E-state index contributed by atoms with van der Waals surface area (Å²) in [4.78, 5) is 33.6. The van der Waals surface area contributed by atoms with Gasteiger partial charge in [0.1, 0.15) is 11.4 Å². The summed E-state index contributed by atoms with van der Waals surface area (Å²) < 4.78 is 18.5. The van der Waals surface area contributed by atoms with Gasteiger partial charge >= 0.3 is 0 Å². The van der Waals surface area contributed by atoms with Gasteiger partial charge in [-0.25, -0.2) is 4.98 Å². The van der Waals surface area contributed by atoms with E-state index in [2.05, 4.69) is 20.9 Å². The number of carbonyl (C=O) groups excluding carboxylic acids is 1. The Kier molecular flexibility index (Phi) is 6.53. The molecule has 0 N–H and O–H groups in total. The zero-order valence-corrected chi connectivity index (χ0v) is 21.8. The molecule has 0 saturated carbocycles. The molecule has 1 unspecified atom stereocenters. The number of benzene rings is 2. The Morgan fingerprint density at radius 3 is 2.58 bits per heavy atom. The van der Waals surface area contributed by atoms with E-state index in [4.69, 9.17) is 13.9 Å². The van der Waals surface area contributed by atoms with E-state index in [0.29, 0.717) is 47.1 Å². The first-order valence-electron chi connectivity index (χ1n) is 11.8. The summed E-state index contributed by atoms with van der Waals surface area (Å²) in [5.74, 6) is 1.19. The van der Waals surface area contributed by atoms with Crippen molar-refractivity contribution >= 4 is 38.6 Å². The van der Waals surface area contributed by atoms with Gasteiger partial charge in [0.2, 0.25) is 5.76 Å². The van der Waals surface area contributed by atoms with Gasteiger partial charge in [0, 0.05) is 10.7 Å². The molecule has 0 aliphatic carbocycles. The fourth-order valence-corrected chi connectivity index (χ4v) is 4.75. The van der Waals surface area contributed by atoms with Crippen LogP contribution in [0, 0.1) is 6.92 Å². The number of fused-ring (bicyclic) bond motifs is 2. The molecule has 0 radical (unpaired) electrons. The summed E-state index contributed by atoms with van der Waals surface area (Å²) in [6.07, 6.45) is 2.55. The maximum atomic E-state index is 13.8. The molecule has 1 atom stereocenters. The average molecular weight is 549 g/mol. The lowest BCUT2D eigenvalue weighted by Crippen LogP contribution is -2.30. The van der Waals surface area contributed by atoms with Gasteiger partial charge in [0.25, 0.3) is 5.91 Å². The highest BCUT2D eigenvalue weighted by molar-refractivity contribution is 9.10. The number of aryl methyl sites for hydroxylation is 1.